The molecule has 0 bridgehead atoms. The third-order valence-corrected chi connectivity index (χ3v) is 0.486. The molecule has 1 heterocycles. The molecule has 0 aliphatic carbocycles. The number of aliphatic hydroxyl groups is 1. The van der Waals surface area contributed by atoms with Crippen molar-refractivity contribution >= 4 is 0 Å². The standard InChI is InChI=1S/C3H4N2O.CH4O/c6-3-1-2-4-5-3;1-2/h1-2H,(H2,4,5,6);2H,1H3. The van der Waals surface area contributed by atoms with Gasteiger partial charge in [-0.1, -0.05) is 0 Å². The molecule has 0 spiro atoms. The minimum atomic E-state index is 0.0370. The maximum Gasteiger partial charge on any atom is 0.229 e. The van der Waals surface area contributed by atoms with Gasteiger partial charge < -0.3 is 10.2 Å². The third-order valence-electron chi connectivity index (χ3n) is 0.486. The number of aromatic hydroxyl groups is 1. The van der Waals surface area contributed by atoms with E-state index in [0.29, 0.717) is 0 Å². The van der Waals surface area contributed by atoms with Gasteiger partial charge in [-0.25, -0.2) is 0 Å². The van der Waals surface area contributed by atoms with Crippen LogP contribution < -0.4 is 0 Å². The fraction of sp³-hybridized carbons (Fsp3) is 0.250. The Morgan fingerprint density at radius 3 is 2.38 bits per heavy atom. The Balaban J connectivity index is 0.000000222. The van der Waals surface area contributed by atoms with Crippen LogP contribution in [0.2, 0.25) is 0 Å². The quantitative estimate of drug-likeness (QED) is 0.436. The van der Waals surface area contributed by atoms with E-state index in [-0.39, 0.29) is 5.88 Å². The van der Waals surface area contributed by atoms with E-state index < -0.39 is 0 Å². The predicted octanol–water partition coefficient (Wildman–Crippen LogP) is -0.276. The summed E-state index contributed by atoms with van der Waals surface area (Å²) in [7, 11) is 1.00. The lowest BCUT2D eigenvalue weighted by Crippen LogP contribution is -1.59. The zero-order valence-electron chi connectivity index (χ0n) is 4.50. The van der Waals surface area contributed by atoms with Crippen molar-refractivity contribution in [2.75, 3.05) is 7.11 Å². The SMILES string of the molecule is CO.Oc1cc[nH]n1. The van der Waals surface area contributed by atoms with Crippen LogP contribution in [0.25, 0.3) is 0 Å². The average molecular weight is 116 g/mol. The molecule has 0 aliphatic heterocycles. The fourth-order valence-electron chi connectivity index (χ4n) is 0.252. The molecule has 0 amide bonds. The predicted molar refractivity (Wildman–Crippen MR) is 28.4 cm³/mol. The van der Waals surface area contributed by atoms with Crippen molar-refractivity contribution in [3.63, 3.8) is 0 Å². The van der Waals surface area contributed by atoms with Crippen molar-refractivity contribution in [1.82, 2.24) is 10.2 Å². The highest BCUT2D eigenvalue weighted by Crippen LogP contribution is 1.94. The molecule has 4 heteroatoms. The normalized spacial score (nSPS) is 7.25. The van der Waals surface area contributed by atoms with Crippen LogP contribution in [0.1, 0.15) is 0 Å². The van der Waals surface area contributed by atoms with Crippen LogP contribution in [0.3, 0.4) is 0 Å². The number of hydrogen-bond acceptors (Lipinski definition) is 3. The molecule has 0 aliphatic rings. The van der Waals surface area contributed by atoms with Gasteiger partial charge >= 0.3 is 0 Å². The minimum absolute atomic E-state index is 0.0370. The number of nitrogens with one attached hydrogen (secondary N) is 1. The van der Waals surface area contributed by atoms with Crippen molar-refractivity contribution < 1.29 is 10.2 Å². The molecule has 1 aromatic heterocycles. The van der Waals surface area contributed by atoms with Crippen LogP contribution in [-0.2, 0) is 0 Å². The Morgan fingerprint density at radius 1 is 1.62 bits per heavy atom. The fourth-order valence-corrected chi connectivity index (χ4v) is 0.252. The Labute approximate surface area is 46.8 Å². The number of aliphatic hydroxyl groups excluding tert-OH is 1. The molecule has 46 valence electrons. The molecule has 0 radical (unpaired) electrons. The van der Waals surface area contributed by atoms with Crippen molar-refractivity contribution in [3.05, 3.63) is 12.3 Å². The number of aromatic amines is 1. The summed E-state index contributed by atoms with van der Waals surface area (Å²) in [5.41, 5.74) is 0. The maximum atomic E-state index is 8.33. The van der Waals surface area contributed by atoms with Crippen LogP contribution >= 0.6 is 0 Å². The Hall–Kier alpha value is -1.03. The third kappa shape index (κ3) is 2.20. The van der Waals surface area contributed by atoms with Crippen LogP contribution in [-0.4, -0.2) is 27.5 Å². The van der Waals surface area contributed by atoms with E-state index in [1.165, 1.54) is 6.07 Å². The molecule has 4 nitrogen and oxygen atoms in total. The molecule has 0 saturated heterocycles. The molecular formula is C4H8N2O2. The molecule has 8 heavy (non-hydrogen) atoms. The molecule has 1 rings (SSSR count). The van der Waals surface area contributed by atoms with Gasteiger partial charge in [0.15, 0.2) is 0 Å². The van der Waals surface area contributed by atoms with Gasteiger partial charge in [-0.05, 0) is 0 Å². The second kappa shape index (κ2) is 4.14. The first kappa shape index (κ1) is 6.97. The number of aromatic nitrogens is 2. The maximum absolute atomic E-state index is 8.33. The molecular weight excluding hydrogens is 108 g/mol. The van der Waals surface area contributed by atoms with Crippen molar-refractivity contribution in [1.29, 1.82) is 0 Å². The lowest BCUT2D eigenvalue weighted by molar-refractivity contribution is 0.399. The van der Waals surface area contributed by atoms with Crippen LogP contribution in [0.5, 0.6) is 5.88 Å². The van der Waals surface area contributed by atoms with Crippen molar-refractivity contribution in [3.8, 4) is 5.88 Å². The number of hydrogen-bond donors (Lipinski definition) is 3. The summed E-state index contributed by atoms with van der Waals surface area (Å²) in [5.74, 6) is 0.0370. The van der Waals surface area contributed by atoms with Crippen LogP contribution in [0, 0.1) is 0 Å². The van der Waals surface area contributed by atoms with E-state index in [1.807, 2.05) is 0 Å². The summed E-state index contributed by atoms with van der Waals surface area (Å²) in [6, 6.07) is 1.47. The molecule has 0 saturated carbocycles. The molecule has 3 N–H and O–H groups in total. The number of H-pyrrole nitrogens is 1. The topological polar surface area (TPSA) is 69.1 Å². The van der Waals surface area contributed by atoms with Gasteiger partial charge in [0.2, 0.25) is 5.88 Å². The first-order valence-electron chi connectivity index (χ1n) is 2.03. The number of nitrogens with zero attached hydrogens (tertiary/aromatic N) is 1. The Bertz CT molecular complexity index is 116. The smallest absolute Gasteiger partial charge is 0.229 e. The molecule has 0 atom stereocenters. The van der Waals surface area contributed by atoms with E-state index in [1.54, 1.807) is 6.20 Å². The number of rotatable bonds is 0. The summed E-state index contributed by atoms with van der Waals surface area (Å²) >= 11 is 0. The van der Waals surface area contributed by atoms with Gasteiger partial charge in [-0.2, -0.15) is 0 Å². The lowest BCUT2D eigenvalue weighted by atomic mass is 10.7. The van der Waals surface area contributed by atoms with Gasteiger partial charge in [-0.15, -0.1) is 5.10 Å². The van der Waals surface area contributed by atoms with Gasteiger partial charge in [0.1, 0.15) is 0 Å². The van der Waals surface area contributed by atoms with E-state index in [0.717, 1.165) is 7.11 Å². The minimum Gasteiger partial charge on any atom is -0.492 e. The highest BCUT2D eigenvalue weighted by molar-refractivity contribution is 5.00. The largest absolute Gasteiger partial charge is 0.492 e. The second-order valence-corrected chi connectivity index (χ2v) is 0.932. The van der Waals surface area contributed by atoms with Crippen LogP contribution in [0.4, 0.5) is 0 Å². The van der Waals surface area contributed by atoms with E-state index in [9.17, 15) is 0 Å². The lowest BCUT2D eigenvalue weighted by Gasteiger charge is -1.66. The average Bonchev–Trinajstić information content (AvgIpc) is 2.24. The van der Waals surface area contributed by atoms with Gasteiger partial charge in [0.25, 0.3) is 0 Å². The Morgan fingerprint density at radius 2 is 2.25 bits per heavy atom. The highest BCUT2D eigenvalue weighted by atomic mass is 16.3. The van der Waals surface area contributed by atoms with E-state index in [4.69, 9.17) is 10.2 Å². The first-order chi connectivity index (χ1) is 3.89. The molecule has 0 fully saturated rings. The van der Waals surface area contributed by atoms with Gasteiger partial charge in [-0.3, -0.25) is 5.10 Å². The van der Waals surface area contributed by atoms with Crippen molar-refractivity contribution in [2.45, 2.75) is 0 Å². The zero-order valence-corrected chi connectivity index (χ0v) is 4.50. The van der Waals surface area contributed by atoms with E-state index >= 15 is 0 Å². The molecule has 1 aromatic rings. The van der Waals surface area contributed by atoms with Crippen LogP contribution in [0.15, 0.2) is 12.3 Å². The Kier molecular flexibility index (Phi) is 3.60. The molecule has 0 unspecified atom stereocenters. The summed E-state index contributed by atoms with van der Waals surface area (Å²) in [6.07, 6.45) is 1.55. The second-order valence-electron chi connectivity index (χ2n) is 0.932. The van der Waals surface area contributed by atoms with Crippen molar-refractivity contribution in [2.24, 2.45) is 0 Å². The molecule has 0 aromatic carbocycles. The summed E-state index contributed by atoms with van der Waals surface area (Å²) in [4.78, 5) is 0. The summed E-state index contributed by atoms with van der Waals surface area (Å²) < 4.78 is 0. The van der Waals surface area contributed by atoms with Gasteiger partial charge in [0.05, 0.1) is 0 Å². The highest BCUT2D eigenvalue weighted by Gasteiger charge is 1.78. The van der Waals surface area contributed by atoms with E-state index in [2.05, 4.69) is 10.2 Å². The summed E-state index contributed by atoms with van der Waals surface area (Å²) in [5, 5.41) is 21.1. The zero-order chi connectivity index (χ0) is 6.41. The summed E-state index contributed by atoms with van der Waals surface area (Å²) in [6.45, 7) is 0. The monoisotopic (exact) mass is 116 g/mol. The first-order valence-corrected chi connectivity index (χ1v) is 2.03. The van der Waals surface area contributed by atoms with Gasteiger partial charge in [0, 0.05) is 19.4 Å².